The maximum Gasteiger partial charge on any atom is 0.326 e. The van der Waals surface area contributed by atoms with Gasteiger partial charge in [0.15, 0.2) is 0 Å². The Labute approximate surface area is 99.2 Å². The first-order valence-electron chi connectivity index (χ1n) is 5.34. The number of carboxylic acid groups (broad SMARTS) is 2. The minimum absolute atomic E-state index is 0.0294. The number of amides is 1. The molecule has 0 aliphatic carbocycles. The van der Waals surface area contributed by atoms with Crippen LogP contribution in [0, 0.1) is 0 Å². The molecule has 0 heterocycles. The lowest BCUT2D eigenvalue weighted by Crippen LogP contribution is -2.46. The summed E-state index contributed by atoms with van der Waals surface area (Å²) in [4.78, 5) is 32.4. The van der Waals surface area contributed by atoms with Gasteiger partial charge in [-0.1, -0.05) is 6.92 Å². The molecule has 0 saturated heterocycles. The fraction of sp³-hybridized carbons (Fsp3) is 0.700. The molecule has 0 fully saturated rings. The van der Waals surface area contributed by atoms with Gasteiger partial charge in [-0.3, -0.25) is 9.59 Å². The van der Waals surface area contributed by atoms with Crippen LogP contribution in [-0.4, -0.2) is 46.7 Å². The Hall–Kier alpha value is -1.63. The largest absolute Gasteiger partial charge is 0.481 e. The average molecular weight is 246 g/mol. The quantitative estimate of drug-likeness (QED) is 0.455. The molecule has 0 radical (unpaired) electrons. The van der Waals surface area contributed by atoms with Crippen molar-refractivity contribution in [2.45, 2.75) is 38.8 Å². The highest BCUT2D eigenvalue weighted by Gasteiger charge is 2.22. The van der Waals surface area contributed by atoms with E-state index in [0.717, 1.165) is 6.42 Å². The minimum Gasteiger partial charge on any atom is -0.481 e. The second-order valence-corrected chi connectivity index (χ2v) is 3.75. The lowest BCUT2D eigenvalue weighted by Gasteiger charge is -2.14. The zero-order chi connectivity index (χ0) is 13.4. The first-order valence-corrected chi connectivity index (χ1v) is 5.34. The minimum atomic E-state index is -1.39. The standard InChI is InChI=1S/C10H18N2O5/c1-3-6(2)11-5-8(13)12-7(10(16)17)4-9(14)15/h6-7,11H,3-5H2,1-2H3,(H,12,13)(H,14,15)(H,16,17). The summed E-state index contributed by atoms with van der Waals surface area (Å²) < 4.78 is 0. The van der Waals surface area contributed by atoms with Gasteiger partial charge < -0.3 is 20.8 Å². The van der Waals surface area contributed by atoms with Crippen LogP contribution in [0.15, 0.2) is 0 Å². The molecule has 0 aliphatic heterocycles. The first kappa shape index (κ1) is 15.4. The maximum atomic E-state index is 11.3. The molecular weight excluding hydrogens is 228 g/mol. The normalized spacial score (nSPS) is 13.8. The Morgan fingerprint density at radius 1 is 1.24 bits per heavy atom. The molecular formula is C10H18N2O5. The van der Waals surface area contributed by atoms with Crippen LogP contribution in [0.4, 0.5) is 0 Å². The van der Waals surface area contributed by atoms with E-state index in [0.29, 0.717) is 0 Å². The van der Waals surface area contributed by atoms with Crippen molar-refractivity contribution in [3.63, 3.8) is 0 Å². The van der Waals surface area contributed by atoms with Crippen LogP contribution in [0.2, 0.25) is 0 Å². The van der Waals surface area contributed by atoms with Crippen LogP contribution in [0.3, 0.4) is 0 Å². The number of rotatable bonds is 8. The van der Waals surface area contributed by atoms with Gasteiger partial charge in [0.2, 0.25) is 5.91 Å². The molecule has 0 aliphatic rings. The lowest BCUT2D eigenvalue weighted by atomic mass is 10.2. The van der Waals surface area contributed by atoms with E-state index in [1.165, 1.54) is 0 Å². The number of aliphatic carboxylic acids is 2. The van der Waals surface area contributed by atoms with E-state index in [-0.39, 0.29) is 12.6 Å². The summed E-state index contributed by atoms with van der Waals surface area (Å²) in [6, 6.07) is -1.25. The van der Waals surface area contributed by atoms with Crippen LogP contribution in [0.25, 0.3) is 0 Å². The van der Waals surface area contributed by atoms with Gasteiger partial charge in [0.05, 0.1) is 13.0 Å². The zero-order valence-corrected chi connectivity index (χ0v) is 9.90. The van der Waals surface area contributed by atoms with Crippen LogP contribution >= 0.6 is 0 Å². The molecule has 0 bridgehead atoms. The van der Waals surface area contributed by atoms with Crippen LogP contribution in [0.5, 0.6) is 0 Å². The summed E-state index contributed by atoms with van der Waals surface area (Å²) in [7, 11) is 0. The molecule has 0 aromatic heterocycles. The number of nitrogens with one attached hydrogen (secondary N) is 2. The Bertz CT molecular complexity index is 292. The van der Waals surface area contributed by atoms with Gasteiger partial charge in [-0.05, 0) is 13.3 Å². The Kier molecular flexibility index (Phi) is 6.88. The third-order valence-electron chi connectivity index (χ3n) is 2.24. The summed E-state index contributed by atoms with van der Waals surface area (Å²) >= 11 is 0. The molecule has 0 aromatic carbocycles. The number of carbonyl (C=O) groups is 3. The van der Waals surface area contributed by atoms with Crippen LogP contribution in [0.1, 0.15) is 26.7 Å². The van der Waals surface area contributed by atoms with Crippen molar-refractivity contribution in [2.24, 2.45) is 0 Å². The summed E-state index contributed by atoms with van der Waals surface area (Å²) in [5, 5.41) is 22.2. The van der Waals surface area contributed by atoms with E-state index in [2.05, 4.69) is 10.6 Å². The summed E-state index contributed by atoms with van der Waals surface area (Å²) in [6.07, 6.45) is 0.204. The number of carboxylic acids is 2. The van der Waals surface area contributed by atoms with Gasteiger partial charge >= 0.3 is 11.9 Å². The van der Waals surface area contributed by atoms with Crippen molar-refractivity contribution in [1.29, 1.82) is 0 Å². The van der Waals surface area contributed by atoms with E-state index in [1.54, 1.807) is 0 Å². The van der Waals surface area contributed by atoms with E-state index in [1.807, 2.05) is 13.8 Å². The van der Waals surface area contributed by atoms with Crippen molar-refractivity contribution in [1.82, 2.24) is 10.6 Å². The van der Waals surface area contributed by atoms with Crippen molar-refractivity contribution in [2.75, 3.05) is 6.54 Å². The van der Waals surface area contributed by atoms with Crippen LogP contribution in [-0.2, 0) is 14.4 Å². The third-order valence-corrected chi connectivity index (χ3v) is 2.24. The van der Waals surface area contributed by atoms with Crippen molar-refractivity contribution in [3.8, 4) is 0 Å². The molecule has 98 valence electrons. The summed E-state index contributed by atoms with van der Waals surface area (Å²) in [5.74, 6) is -3.16. The fourth-order valence-electron chi connectivity index (χ4n) is 1.03. The number of hydrogen-bond acceptors (Lipinski definition) is 4. The highest BCUT2D eigenvalue weighted by molar-refractivity contribution is 5.87. The Balaban J connectivity index is 4.13. The highest BCUT2D eigenvalue weighted by atomic mass is 16.4. The molecule has 0 saturated carbocycles. The maximum absolute atomic E-state index is 11.3. The topological polar surface area (TPSA) is 116 Å². The molecule has 2 atom stereocenters. The van der Waals surface area contributed by atoms with Gasteiger partial charge in [0, 0.05) is 6.04 Å². The first-order chi connectivity index (χ1) is 7.86. The lowest BCUT2D eigenvalue weighted by molar-refractivity contribution is -0.147. The fourth-order valence-corrected chi connectivity index (χ4v) is 1.03. The molecule has 0 spiro atoms. The van der Waals surface area contributed by atoms with Crippen molar-refractivity contribution < 1.29 is 24.6 Å². The van der Waals surface area contributed by atoms with E-state index >= 15 is 0 Å². The predicted molar refractivity (Wildman–Crippen MR) is 59.6 cm³/mol. The molecule has 7 heteroatoms. The number of carbonyl (C=O) groups excluding carboxylic acids is 1. The predicted octanol–water partition coefficient (Wildman–Crippen LogP) is -0.581. The summed E-state index contributed by atoms with van der Waals surface area (Å²) in [5.41, 5.74) is 0. The molecule has 0 aromatic rings. The van der Waals surface area contributed by atoms with Crippen LogP contribution < -0.4 is 10.6 Å². The Morgan fingerprint density at radius 3 is 2.24 bits per heavy atom. The van der Waals surface area contributed by atoms with E-state index in [4.69, 9.17) is 10.2 Å². The second kappa shape index (κ2) is 7.61. The number of hydrogen-bond donors (Lipinski definition) is 4. The van der Waals surface area contributed by atoms with Gasteiger partial charge in [-0.15, -0.1) is 0 Å². The molecule has 0 rings (SSSR count). The zero-order valence-electron chi connectivity index (χ0n) is 9.90. The smallest absolute Gasteiger partial charge is 0.326 e. The van der Waals surface area contributed by atoms with E-state index < -0.39 is 30.3 Å². The van der Waals surface area contributed by atoms with Gasteiger partial charge in [0.25, 0.3) is 0 Å². The van der Waals surface area contributed by atoms with E-state index in [9.17, 15) is 14.4 Å². The molecule has 2 unspecified atom stereocenters. The van der Waals surface area contributed by atoms with Crippen molar-refractivity contribution in [3.05, 3.63) is 0 Å². The van der Waals surface area contributed by atoms with Gasteiger partial charge in [-0.25, -0.2) is 4.79 Å². The SMILES string of the molecule is CCC(C)NCC(=O)NC(CC(=O)O)C(=O)O. The molecule has 17 heavy (non-hydrogen) atoms. The summed E-state index contributed by atoms with van der Waals surface area (Å²) in [6.45, 7) is 3.80. The molecule has 4 N–H and O–H groups in total. The Morgan fingerprint density at radius 2 is 1.82 bits per heavy atom. The monoisotopic (exact) mass is 246 g/mol. The van der Waals surface area contributed by atoms with Gasteiger partial charge in [-0.2, -0.15) is 0 Å². The second-order valence-electron chi connectivity index (χ2n) is 3.75. The van der Waals surface area contributed by atoms with Gasteiger partial charge in [0.1, 0.15) is 6.04 Å². The van der Waals surface area contributed by atoms with Crippen molar-refractivity contribution >= 4 is 17.8 Å². The average Bonchev–Trinajstić information content (AvgIpc) is 2.24. The highest BCUT2D eigenvalue weighted by Crippen LogP contribution is 1.93. The molecule has 1 amide bonds. The third kappa shape index (κ3) is 7.29. The molecule has 7 nitrogen and oxygen atoms in total.